The lowest BCUT2D eigenvalue weighted by Gasteiger charge is -2.18. The predicted molar refractivity (Wildman–Crippen MR) is 171 cm³/mol. The minimum Gasteiger partial charge on any atom is -0.496 e. The Morgan fingerprint density at radius 3 is 2.42 bits per heavy atom. The van der Waals surface area contributed by atoms with Gasteiger partial charge in [0.25, 0.3) is 0 Å². The molecule has 2 aromatic heterocycles. The summed E-state index contributed by atoms with van der Waals surface area (Å²) in [6.07, 6.45) is 2.24. The highest BCUT2D eigenvalue weighted by molar-refractivity contribution is 7.22. The van der Waals surface area contributed by atoms with Gasteiger partial charge in [-0.05, 0) is 48.9 Å². The summed E-state index contributed by atoms with van der Waals surface area (Å²) in [5.41, 5.74) is 4.10. The molecule has 0 saturated carbocycles. The Balaban J connectivity index is 1.72. The summed E-state index contributed by atoms with van der Waals surface area (Å²) in [7, 11) is 3.64. The van der Waals surface area contributed by atoms with Crippen LogP contribution in [-0.4, -0.2) is 42.6 Å². The number of hydrogen-bond acceptors (Lipinski definition) is 7. The fourth-order valence-electron chi connectivity index (χ4n) is 5.18. The van der Waals surface area contributed by atoms with Gasteiger partial charge in [0.1, 0.15) is 16.1 Å². The Kier molecular flexibility index (Phi) is 9.34. The third kappa shape index (κ3) is 6.53. The van der Waals surface area contributed by atoms with Crippen LogP contribution >= 0.6 is 11.3 Å². The van der Waals surface area contributed by atoms with E-state index in [0.717, 1.165) is 32.0 Å². The number of hydrogen-bond donors (Lipinski definition) is 1. The normalized spacial score (nSPS) is 11.1. The molecule has 2 heterocycles. The first kappa shape index (κ1) is 29.8. The first-order valence-electron chi connectivity index (χ1n) is 13.9. The van der Waals surface area contributed by atoms with E-state index in [1.54, 1.807) is 20.2 Å². The number of anilines is 1. The number of aromatic nitrogens is 1. The van der Waals surface area contributed by atoms with Gasteiger partial charge in [-0.3, -0.25) is 14.5 Å². The molecule has 5 rings (SSSR count). The topological polar surface area (TPSA) is 89.9 Å². The summed E-state index contributed by atoms with van der Waals surface area (Å²) in [4.78, 5) is 42.0. The Morgan fingerprint density at radius 1 is 1.00 bits per heavy atom. The third-order valence-corrected chi connectivity index (χ3v) is 8.45. The van der Waals surface area contributed by atoms with Crippen LogP contribution in [0.25, 0.3) is 20.7 Å². The minimum atomic E-state index is -0.649. The van der Waals surface area contributed by atoms with Gasteiger partial charge in [0.2, 0.25) is 11.8 Å². The molecule has 3 aromatic carbocycles. The smallest absolute Gasteiger partial charge is 0.343 e. The number of carbonyl (C=O) groups is 2. The molecule has 0 unspecified atom stereocenters. The zero-order chi connectivity index (χ0) is 30.3. The van der Waals surface area contributed by atoms with E-state index in [0.29, 0.717) is 42.9 Å². The fraction of sp³-hybridized carbons (Fsp3) is 0.206. The second-order valence-electron chi connectivity index (χ2n) is 10.1. The van der Waals surface area contributed by atoms with Crippen LogP contribution in [0.2, 0.25) is 0 Å². The summed E-state index contributed by atoms with van der Waals surface area (Å²) < 4.78 is 12.9. The predicted octanol–water partition coefficient (Wildman–Crippen LogP) is 6.16. The summed E-state index contributed by atoms with van der Waals surface area (Å²) in [5.74, 6) is 0.0636. The summed E-state index contributed by atoms with van der Waals surface area (Å²) in [5, 5.41) is 3.17. The van der Waals surface area contributed by atoms with Gasteiger partial charge >= 0.3 is 5.97 Å². The van der Waals surface area contributed by atoms with Crippen LogP contribution in [0.3, 0.4) is 0 Å². The van der Waals surface area contributed by atoms with Crippen LogP contribution in [0.1, 0.15) is 34.0 Å². The molecule has 0 saturated heterocycles. The van der Waals surface area contributed by atoms with Crippen LogP contribution < -0.4 is 15.5 Å². The Hall–Kier alpha value is -4.73. The van der Waals surface area contributed by atoms with Gasteiger partial charge in [-0.2, -0.15) is 0 Å². The molecule has 0 aliphatic rings. The Bertz CT molecular complexity index is 1800. The molecule has 1 amide bonds. The number of benzene rings is 3. The van der Waals surface area contributed by atoms with E-state index in [9.17, 15) is 14.4 Å². The number of ether oxygens (including phenoxy) is 2. The lowest BCUT2D eigenvalue weighted by Crippen LogP contribution is -2.23. The summed E-state index contributed by atoms with van der Waals surface area (Å²) in [6, 6.07) is 25.3. The largest absolute Gasteiger partial charge is 0.496 e. The van der Waals surface area contributed by atoms with Gasteiger partial charge in [-0.1, -0.05) is 60.7 Å². The number of fused-ring (bicyclic) bond motifs is 1. The van der Waals surface area contributed by atoms with Gasteiger partial charge in [-0.15, -0.1) is 11.3 Å². The van der Waals surface area contributed by atoms with Crippen LogP contribution in [-0.2, 0) is 29.2 Å². The summed E-state index contributed by atoms with van der Waals surface area (Å²) in [6.45, 7) is 3.40. The van der Waals surface area contributed by atoms with E-state index in [4.69, 9.17) is 9.47 Å². The first-order chi connectivity index (χ1) is 20.9. The maximum Gasteiger partial charge on any atom is 0.343 e. The maximum atomic E-state index is 14.1. The van der Waals surface area contributed by atoms with Gasteiger partial charge in [0, 0.05) is 35.4 Å². The van der Waals surface area contributed by atoms with Crippen molar-refractivity contribution in [3.05, 3.63) is 118 Å². The second kappa shape index (κ2) is 13.5. The van der Waals surface area contributed by atoms with E-state index in [2.05, 4.69) is 22.3 Å². The number of nitrogens with one attached hydrogen (secondary N) is 1. The molecule has 0 bridgehead atoms. The van der Waals surface area contributed by atoms with Gasteiger partial charge in [0.15, 0.2) is 0 Å². The molecule has 0 spiro atoms. The van der Waals surface area contributed by atoms with E-state index >= 15 is 0 Å². The molecule has 0 aliphatic heterocycles. The van der Waals surface area contributed by atoms with Crippen molar-refractivity contribution in [3.63, 3.8) is 0 Å². The van der Waals surface area contributed by atoms with Crippen molar-refractivity contribution in [1.82, 2.24) is 9.47 Å². The van der Waals surface area contributed by atoms with Crippen molar-refractivity contribution in [2.75, 3.05) is 26.1 Å². The number of para-hydroxylation sites is 1. The van der Waals surface area contributed by atoms with Gasteiger partial charge in [-0.25, -0.2) is 4.79 Å². The standard InChI is InChI=1S/C34H33N3O5S/c1-4-42-34(40)28-21-37(19-25-12-8-9-13-29(25)41-3)33-30(31(28)39)27(20-36(2)18-23-10-6-5-7-11-23)32(43-33)24-14-16-26(17-15-24)35-22-38/h5-17,21-22H,4,18-20H2,1-3H3,(H,35,38). The highest BCUT2D eigenvalue weighted by Gasteiger charge is 2.25. The number of pyridine rings is 1. The van der Waals surface area contributed by atoms with E-state index in [-0.39, 0.29) is 17.6 Å². The second-order valence-corrected chi connectivity index (χ2v) is 11.1. The van der Waals surface area contributed by atoms with Crippen molar-refractivity contribution in [2.24, 2.45) is 0 Å². The maximum absolute atomic E-state index is 14.1. The minimum absolute atomic E-state index is 0.00825. The zero-order valence-electron chi connectivity index (χ0n) is 24.3. The van der Waals surface area contributed by atoms with Crippen LogP contribution in [0.5, 0.6) is 5.75 Å². The quantitative estimate of drug-likeness (QED) is 0.137. The van der Waals surface area contributed by atoms with Crippen LogP contribution in [0.4, 0.5) is 5.69 Å². The van der Waals surface area contributed by atoms with Crippen molar-refractivity contribution in [3.8, 4) is 16.2 Å². The number of esters is 1. The Labute approximate surface area is 254 Å². The number of amides is 1. The van der Waals surface area contributed by atoms with Crippen molar-refractivity contribution in [2.45, 2.75) is 26.6 Å². The number of nitrogens with zero attached hydrogens (tertiary/aromatic N) is 2. The number of carbonyl (C=O) groups excluding carboxylic acids is 2. The van der Waals surface area contributed by atoms with E-state index in [1.165, 1.54) is 11.3 Å². The molecule has 5 aromatic rings. The van der Waals surface area contributed by atoms with E-state index < -0.39 is 5.97 Å². The molecule has 1 N–H and O–H groups in total. The lowest BCUT2D eigenvalue weighted by atomic mass is 10.0. The molecule has 8 nitrogen and oxygen atoms in total. The molecule has 0 radical (unpaired) electrons. The zero-order valence-corrected chi connectivity index (χ0v) is 25.1. The molecule has 0 fully saturated rings. The molecule has 43 heavy (non-hydrogen) atoms. The third-order valence-electron chi connectivity index (χ3n) is 7.13. The molecular formula is C34H33N3O5S. The first-order valence-corrected chi connectivity index (χ1v) is 14.8. The van der Waals surface area contributed by atoms with Gasteiger partial charge in [0.05, 0.1) is 25.6 Å². The average molecular weight is 596 g/mol. The lowest BCUT2D eigenvalue weighted by molar-refractivity contribution is -0.105. The Morgan fingerprint density at radius 2 is 1.72 bits per heavy atom. The fourth-order valence-corrected chi connectivity index (χ4v) is 6.47. The number of rotatable bonds is 12. The van der Waals surface area contributed by atoms with Gasteiger partial charge < -0.3 is 19.4 Å². The average Bonchev–Trinajstić information content (AvgIpc) is 3.39. The van der Waals surface area contributed by atoms with Crippen LogP contribution in [0.15, 0.2) is 89.9 Å². The van der Waals surface area contributed by atoms with E-state index in [1.807, 2.05) is 78.3 Å². The van der Waals surface area contributed by atoms with Crippen molar-refractivity contribution in [1.29, 1.82) is 0 Å². The number of methoxy groups -OCH3 is 1. The van der Waals surface area contributed by atoms with Crippen molar-refractivity contribution < 1.29 is 19.1 Å². The monoisotopic (exact) mass is 595 g/mol. The molecular weight excluding hydrogens is 562 g/mol. The SMILES string of the molecule is CCOC(=O)c1cn(Cc2ccccc2OC)c2sc(-c3ccc(NC=O)cc3)c(CN(C)Cc3ccccc3)c2c1=O. The van der Waals surface area contributed by atoms with Crippen molar-refractivity contribution >= 4 is 39.6 Å². The molecule has 0 aliphatic carbocycles. The number of thiophene rings is 1. The highest BCUT2D eigenvalue weighted by Crippen LogP contribution is 2.39. The van der Waals surface area contributed by atoms with Crippen LogP contribution in [0, 0.1) is 0 Å². The molecule has 9 heteroatoms. The molecule has 220 valence electrons. The highest BCUT2D eigenvalue weighted by atomic mass is 32.1. The molecule has 0 atom stereocenters. The summed E-state index contributed by atoms with van der Waals surface area (Å²) >= 11 is 1.51.